The average molecular weight is 305 g/mol. The van der Waals surface area contributed by atoms with Gasteiger partial charge in [-0.1, -0.05) is 0 Å². The second kappa shape index (κ2) is 5.30. The average Bonchev–Trinajstić information content (AvgIpc) is 2.55. The van der Waals surface area contributed by atoms with Crippen LogP contribution in [-0.2, 0) is 9.84 Å². The Kier molecular flexibility index (Phi) is 3.91. The number of hydrogen-bond donors (Lipinski definition) is 1. The Morgan fingerprint density at radius 3 is 2.74 bits per heavy atom. The lowest BCUT2D eigenvalue weighted by atomic mass is 10.3. The zero-order chi connectivity index (χ0) is 14.0. The SMILES string of the molecule is CC(C)Oc1nc(Cl)nc(NC2C=CS(=O)(=O)C2)n1. The maximum Gasteiger partial charge on any atom is 0.322 e. The number of aromatic nitrogens is 3. The molecule has 0 bridgehead atoms. The topological polar surface area (TPSA) is 94.1 Å². The predicted octanol–water partition coefficient (Wildman–Crippen LogP) is 1.03. The fourth-order valence-electron chi connectivity index (χ4n) is 1.49. The summed E-state index contributed by atoms with van der Waals surface area (Å²) in [5.74, 6) is 0.152. The molecule has 2 rings (SSSR count). The van der Waals surface area contributed by atoms with Crippen molar-refractivity contribution in [2.75, 3.05) is 11.1 Å². The summed E-state index contributed by atoms with van der Waals surface area (Å²) in [4.78, 5) is 11.7. The van der Waals surface area contributed by atoms with Crippen LogP contribution >= 0.6 is 11.6 Å². The normalized spacial score (nSPS) is 20.7. The van der Waals surface area contributed by atoms with E-state index in [0.29, 0.717) is 0 Å². The molecule has 0 saturated heterocycles. The Morgan fingerprint density at radius 2 is 2.16 bits per heavy atom. The molecule has 1 aromatic heterocycles. The highest BCUT2D eigenvalue weighted by molar-refractivity contribution is 7.94. The fourth-order valence-corrected chi connectivity index (χ4v) is 2.88. The molecule has 0 aliphatic carbocycles. The van der Waals surface area contributed by atoms with Crippen LogP contribution in [0.3, 0.4) is 0 Å². The molecule has 19 heavy (non-hydrogen) atoms. The zero-order valence-electron chi connectivity index (χ0n) is 10.4. The van der Waals surface area contributed by atoms with Gasteiger partial charge in [-0.2, -0.15) is 15.0 Å². The molecule has 1 aliphatic heterocycles. The molecular formula is C10H13ClN4O3S. The Hall–Kier alpha value is -1.41. The van der Waals surface area contributed by atoms with E-state index in [1.165, 1.54) is 11.5 Å². The van der Waals surface area contributed by atoms with Crippen molar-refractivity contribution < 1.29 is 13.2 Å². The van der Waals surface area contributed by atoms with E-state index < -0.39 is 9.84 Å². The summed E-state index contributed by atoms with van der Waals surface area (Å²) in [6.45, 7) is 3.66. The summed E-state index contributed by atoms with van der Waals surface area (Å²) in [6, 6.07) is -0.280. The van der Waals surface area contributed by atoms with Gasteiger partial charge in [0.1, 0.15) is 0 Å². The maximum atomic E-state index is 11.3. The van der Waals surface area contributed by atoms with Crippen LogP contribution in [0.25, 0.3) is 0 Å². The number of nitrogens with one attached hydrogen (secondary N) is 1. The summed E-state index contributed by atoms with van der Waals surface area (Å²) >= 11 is 5.76. The van der Waals surface area contributed by atoms with Crippen LogP contribution in [0.4, 0.5) is 5.95 Å². The van der Waals surface area contributed by atoms with Crippen molar-refractivity contribution in [3.05, 3.63) is 16.8 Å². The molecule has 2 heterocycles. The Balaban J connectivity index is 2.13. The second-order valence-electron chi connectivity index (χ2n) is 4.29. The van der Waals surface area contributed by atoms with Crippen LogP contribution in [0.1, 0.15) is 13.8 Å². The molecule has 1 atom stereocenters. The number of sulfone groups is 1. The Bertz CT molecular complexity index is 603. The molecule has 1 N–H and O–H groups in total. The van der Waals surface area contributed by atoms with Gasteiger partial charge in [-0.05, 0) is 31.5 Å². The molecule has 0 aromatic carbocycles. The van der Waals surface area contributed by atoms with Gasteiger partial charge >= 0.3 is 6.01 Å². The van der Waals surface area contributed by atoms with Crippen LogP contribution in [-0.4, -0.2) is 41.3 Å². The van der Waals surface area contributed by atoms with Gasteiger partial charge in [0, 0.05) is 5.41 Å². The highest BCUT2D eigenvalue weighted by Crippen LogP contribution is 2.16. The van der Waals surface area contributed by atoms with Gasteiger partial charge in [-0.15, -0.1) is 0 Å². The van der Waals surface area contributed by atoms with Gasteiger partial charge in [-0.3, -0.25) is 0 Å². The fraction of sp³-hybridized carbons (Fsp3) is 0.500. The van der Waals surface area contributed by atoms with Crippen LogP contribution < -0.4 is 10.1 Å². The number of ether oxygens (including phenoxy) is 1. The molecule has 7 nitrogen and oxygen atoms in total. The van der Waals surface area contributed by atoms with E-state index in [1.807, 2.05) is 13.8 Å². The van der Waals surface area contributed by atoms with Crippen molar-refractivity contribution in [1.82, 2.24) is 15.0 Å². The van der Waals surface area contributed by atoms with Gasteiger partial charge in [0.25, 0.3) is 0 Å². The van der Waals surface area contributed by atoms with E-state index >= 15 is 0 Å². The van der Waals surface area contributed by atoms with E-state index in [0.717, 1.165) is 0 Å². The zero-order valence-corrected chi connectivity index (χ0v) is 11.9. The number of anilines is 1. The van der Waals surface area contributed by atoms with Gasteiger partial charge in [0.05, 0.1) is 17.9 Å². The smallest absolute Gasteiger partial charge is 0.322 e. The van der Waals surface area contributed by atoms with E-state index in [2.05, 4.69) is 20.3 Å². The molecule has 0 spiro atoms. The number of halogens is 1. The first-order valence-corrected chi connectivity index (χ1v) is 7.69. The lowest BCUT2D eigenvalue weighted by molar-refractivity contribution is 0.222. The first-order valence-electron chi connectivity index (χ1n) is 5.60. The van der Waals surface area contributed by atoms with Crippen molar-refractivity contribution in [3.63, 3.8) is 0 Å². The first kappa shape index (κ1) is 14.0. The monoisotopic (exact) mass is 304 g/mol. The minimum Gasteiger partial charge on any atom is -0.461 e. The standard InChI is InChI=1S/C10H13ClN4O3S/c1-6(2)18-10-14-8(11)13-9(15-10)12-7-3-4-19(16,17)5-7/h3-4,6-7H,5H2,1-2H3,(H,12,13,14,15). The third-order valence-corrected chi connectivity index (χ3v) is 3.74. The lowest BCUT2D eigenvalue weighted by Crippen LogP contribution is -2.22. The highest BCUT2D eigenvalue weighted by Gasteiger charge is 2.22. The molecule has 9 heteroatoms. The number of rotatable bonds is 4. The molecule has 0 amide bonds. The summed E-state index contributed by atoms with van der Waals surface area (Å²) in [6.07, 6.45) is 1.44. The van der Waals surface area contributed by atoms with Gasteiger partial charge in [-0.25, -0.2) is 8.42 Å². The maximum absolute atomic E-state index is 11.3. The summed E-state index contributed by atoms with van der Waals surface area (Å²) in [7, 11) is -3.13. The van der Waals surface area contributed by atoms with Crippen molar-refractivity contribution in [3.8, 4) is 6.01 Å². The van der Waals surface area contributed by atoms with Gasteiger partial charge in [0.15, 0.2) is 9.84 Å². The van der Waals surface area contributed by atoms with E-state index in [4.69, 9.17) is 16.3 Å². The second-order valence-corrected chi connectivity index (χ2v) is 6.56. The third kappa shape index (κ3) is 4.03. The Morgan fingerprint density at radius 1 is 1.42 bits per heavy atom. The van der Waals surface area contributed by atoms with Gasteiger partial charge < -0.3 is 10.1 Å². The van der Waals surface area contributed by atoms with Crippen molar-refractivity contribution >= 4 is 27.4 Å². The Labute approximate surface area is 116 Å². The molecule has 1 aromatic rings. The molecule has 0 saturated carbocycles. The first-order chi connectivity index (χ1) is 8.84. The predicted molar refractivity (Wildman–Crippen MR) is 70.9 cm³/mol. The molecule has 1 aliphatic rings. The van der Waals surface area contributed by atoms with E-state index in [9.17, 15) is 8.42 Å². The highest BCUT2D eigenvalue weighted by atomic mass is 35.5. The largest absolute Gasteiger partial charge is 0.461 e. The molecule has 0 fully saturated rings. The van der Waals surface area contributed by atoms with E-state index in [1.54, 1.807) is 0 Å². The minimum atomic E-state index is -3.13. The van der Waals surface area contributed by atoms with Crippen LogP contribution in [0.2, 0.25) is 5.28 Å². The molecule has 104 valence electrons. The summed E-state index contributed by atoms with van der Waals surface area (Å²) in [5.41, 5.74) is 0. The molecule has 0 radical (unpaired) electrons. The van der Waals surface area contributed by atoms with Gasteiger partial charge in [0.2, 0.25) is 11.2 Å². The van der Waals surface area contributed by atoms with E-state index in [-0.39, 0.29) is 35.1 Å². The van der Waals surface area contributed by atoms with Crippen LogP contribution in [0, 0.1) is 0 Å². The number of hydrogen-bond acceptors (Lipinski definition) is 7. The number of nitrogens with zero attached hydrogens (tertiary/aromatic N) is 3. The summed E-state index contributed by atoms with van der Waals surface area (Å²) < 4.78 is 27.9. The third-order valence-electron chi connectivity index (χ3n) is 2.17. The molecular weight excluding hydrogens is 292 g/mol. The van der Waals surface area contributed by atoms with Crippen molar-refractivity contribution in [2.24, 2.45) is 0 Å². The molecule has 1 unspecified atom stereocenters. The van der Waals surface area contributed by atoms with Crippen molar-refractivity contribution in [2.45, 2.75) is 26.0 Å². The minimum absolute atomic E-state index is 0.0158. The van der Waals surface area contributed by atoms with Crippen molar-refractivity contribution in [1.29, 1.82) is 0 Å². The van der Waals surface area contributed by atoms with Crippen LogP contribution in [0.15, 0.2) is 11.5 Å². The summed E-state index contributed by atoms with van der Waals surface area (Å²) in [5, 5.41) is 4.01. The lowest BCUT2D eigenvalue weighted by Gasteiger charge is -2.12. The quantitative estimate of drug-likeness (QED) is 0.888. The van der Waals surface area contributed by atoms with Crippen LogP contribution in [0.5, 0.6) is 6.01 Å².